The van der Waals surface area contributed by atoms with Crippen LogP contribution in [0.5, 0.6) is 0 Å². The third-order valence-electron chi connectivity index (χ3n) is 2.85. The molecule has 0 radical (unpaired) electrons. The first-order valence-corrected chi connectivity index (χ1v) is 6.32. The number of carbonyl (C=O) groups excluding carboxylic acids is 2. The van der Waals surface area contributed by atoms with Gasteiger partial charge in [0.15, 0.2) is 17.8 Å². The number of nitrogens with zero attached hydrogens (tertiary/aromatic N) is 1. The Morgan fingerprint density at radius 1 is 1.29 bits per heavy atom. The highest BCUT2D eigenvalue weighted by atomic mass is 35.5. The molecule has 0 bridgehead atoms. The van der Waals surface area contributed by atoms with Crippen LogP contribution in [-0.2, 0) is 20.8 Å². The first-order valence-electron chi connectivity index (χ1n) is 5.95. The van der Waals surface area contributed by atoms with Gasteiger partial charge in [-0.2, -0.15) is 0 Å². The topological polar surface area (TPSA) is 83.8 Å². The van der Waals surface area contributed by atoms with Crippen LogP contribution >= 0.6 is 11.6 Å². The van der Waals surface area contributed by atoms with Crippen LogP contribution in [0.3, 0.4) is 0 Å². The van der Waals surface area contributed by atoms with Crippen molar-refractivity contribution in [2.75, 3.05) is 21.3 Å². The number of aromatic nitrogens is 1. The highest BCUT2D eigenvalue weighted by Gasteiger charge is 2.23. The predicted molar refractivity (Wildman–Crippen MR) is 74.9 cm³/mol. The maximum Gasteiger partial charge on any atom is 0.356 e. The summed E-state index contributed by atoms with van der Waals surface area (Å²) in [6.07, 6.45) is 0.556. The molecule has 1 aromatic heterocycles. The third-order valence-corrected chi connectivity index (χ3v) is 3.20. The molecule has 0 unspecified atom stereocenters. The third kappa shape index (κ3) is 3.69. The molecule has 1 heterocycles. The zero-order chi connectivity index (χ0) is 16.2. The van der Waals surface area contributed by atoms with Crippen LogP contribution in [0.25, 0.3) is 0 Å². The van der Waals surface area contributed by atoms with E-state index in [1.54, 1.807) is 0 Å². The van der Waals surface area contributed by atoms with Crippen LogP contribution in [0.2, 0.25) is 5.02 Å². The summed E-state index contributed by atoms with van der Waals surface area (Å²) in [5.41, 5.74) is -1.00. The number of methoxy groups -OCH3 is 3. The molecule has 0 spiro atoms. The van der Waals surface area contributed by atoms with Gasteiger partial charge in [0.2, 0.25) is 5.43 Å². The van der Waals surface area contributed by atoms with Crippen molar-refractivity contribution in [3.05, 3.63) is 32.7 Å². The zero-order valence-electron chi connectivity index (χ0n) is 12.1. The van der Waals surface area contributed by atoms with Gasteiger partial charge in [0, 0.05) is 20.4 Å². The molecule has 0 aliphatic carbocycles. The molecule has 0 aromatic carbocycles. The second-order valence-electron chi connectivity index (χ2n) is 4.14. The number of hydrogen-bond acceptors (Lipinski definition) is 6. The number of pyridine rings is 1. The molecule has 0 N–H and O–H groups in total. The summed E-state index contributed by atoms with van der Waals surface area (Å²) in [5, 5.41) is -0.375. The Hall–Kier alpha value is -1.70. The summed E-state index contributed by atoms with van der Waals surface area (Å²) in [4.78, 5) is 35.3. The Kier molecular flexibility index (Phi) is 6.07. The molecule has 1 rings (SSSR count). The molecule has 21 heavy (non-hydrogen) atoms. The number of Topliss-reactive ketones (excluding diaryl/α,β-unsaturated/α-hetero) is 1. The highest BCUT2D eigenvalue weighted by molar-refractivity contribution is 6.33. The van der Waals surface area contributed by atoms with Crippen molar-refractivity contribution in [1.29, 1.82) is 0 Å². The van der Waals surface area contributed by atoms with E-state index in [1.807, 2.05) is 0 Å². The molecule has 0 saturated heterocycles. The first kappa shape index (κ1) is 17.4. The highest BCUT2D eigenvalue weighted by Crippen LogP contribution is 2.16. The quantitative estimate of drug-likeness (QED) is 0.444. The summed E-state index contributed by atoms with van der Waals surface area (Å²) < 4.78 is 16.0. The van der Waals surface area contributed by atoms with Crippen molar-refractivity contribution in [2.45, 2.75) is 19.8 Å². The maximum atomic E-state index is 12.0. The zero-order valence-corrected chi connectivity index (χ0v) is 12.9. The molecule has 7 nitrogen and oxygen atoms in total. The van der Waals surface area contributed by atoms with Crippen LogP contribution in [0.15, 0.2) is 11.0 Å². The minimum absolute atomic E-state index is 0.0533. The number of rotatable bonds is 6. The van der Waals surface area contributed by atoms with Crippen molar-refractivity contribution in [3.8, 4) is 0 Å². The molecule has 0 fully saturated rings. The van der Waals surface area contributed by atoms with E-state index in [4.69, 9.17) is 21.1 Å². The molecule has 8 heteroatoms. The summed E-state index contributed by atoms with van der Waals surface area (Å²) in [6.45, 7) is 1.29. The minimum atomic E-state index is -0.793. The van der Waals surface area contributed by atoms with E-state index < -0.39 is 23.5 Å². The van der Waals surface area contributed by atoms with Gasteiger partial charge in [-0.15, -0.1) is 0 Å². The van der Waals surface area contributed by atoms with E-state index in [1.165, 1.54) is 31.9 Å². The molecular formula is C13H16ClNO6. The van der Waals surface area contributed by atoms with Gasteiger partial charge in [0.25, 0.3) is 0 Å². The van der Waals surface area contributed by atoms with Crippen LogP contribution in [0.1, 0.15) is 27.8 Å². The number of ketones is 1. The summed E-state index contributed by atoms with van der Waals surface area (Å²) in [5.74, 6) is -1.25. The second-order valence-corrected chi connectivity index (χ2v) is 4.51. The lowest BCUT2D eigenvalue weighted by atomic mass is 10.1. The van der Waals surface area contributed by atoms with Crippen molar-refractivity contribution < 1.29 is 23.8 Å². The fraction of sp³-hybridized carbons (Fsp3) is 0.462. The van der Waals surface area contributed by atoms with Crippen LogP contribution in [0, 0.1) is 0 Å². The molecule has 0 amide bonds. The van der Waals surface area contributed by atoms with E-state index in [0.29, 0.717) is 0 Å². The number of halogens is 1. The standard InChI is InChI=1S/C13H16ClNO6/c1-7(16)8-5-15(6-9(19-2)20-3)11(13(18)21-4)10(14)12(8)17/h5,9H,6H2,1-4H3. The van der Waals surface area contributed by atoms with Gasteiger partial charge >= 0.3 is 5.97 Å². The molecule has 1 aromatic rings. The Labute approximate surface area is 126 Å². The monoisotopic (exact) mass is 317 g/mol. The van der Waals surface area contributed by atoms with Crippen molar-refractivity contribution >= 4 is 23.4 Å². The normalized spacial score (nSPS) is 10.8. The van der Waals surface area contributed by atoms with Gasteiger partial charge in [-0.1, -0.05) is 11.6 Å². The van der Waals surface area contributed by atoms with Crippen molar-refractivity contribution in [1.82, 2.24) is 4.57 Å². The number of ether oxygens (including phenoxy) is 3. The Morgan fingerprint density at radius 2 is 1.86 bits per heavy atom. The number of esters is 1. The molecule has 0 saturated carbocycles. The molecule has 116 valence electrons. The van der Waals surface area contributed by atoms with Crippen LogP contribution in [-0.4, -0.2) is 43.9 Å². The van der Waals surface area contributed by atoms with Gasteiger partial charge in [0.1, 0.15) is 5.02 Å². The molecular weight excluding hydrogens is 302 g/mol. The van der Waals surface area contributed by atoms with E-state index >= 15 is 0 Å². The molecule has 0 aliphatic heterocycles. The number of hydrogen-bond donors (Lipinski definition) is 0. The van der Waals surface area contributed by atoms with E-state index in [0.717, 1.165) is 7.11 Å². The van der Waals surface area contributed by atoms with Crippen molar-refractivity contribution in [3.63, 3.8) is 0 Å². The van der Waals surface area contributed by atoms with Crippen LogP contribution < -0.4 is 5.43 Å². The van der Waals surface area contributed by atoms with Gasteiger partial charge < -0.3 is 18.8 Å². The fourth-order valence-corrected chi connectivity index (χ4v) is 2.02. The maximum absolute atomic E-state index is 12.0. The Bertz CT molecular complexity index is 605. The minimum Gasteiger partial charge on any atom is -0.464 e. The van der Waals surface area contributed by atoms with Gasteiger partial charge in [0.05, 0.1) is 19.2 Å². The van der Waals surface area contributed by atoms with Gasteiger partial charge in [-0.25, -0.2) is 4.79 Å². The van der Waals surface area contributed by atoms with Crippen LogP contribution in [0.4, 0.5) is 0 Å². The lowest BCUT2D eigenvalue weighted by molar-refractivity contribution is -0.111. The number of carbonyl (C=O) groups is 2. The summed E-state index contributed by atoms with van der Waals surface area (Å²) >= 11 is 5.92. The largest absolute Gasteiger partial charge is 0.464 e. The lowest BCUT2D eigenvalue weighted by Gasteiger charge is -2.19. The Balaban J connectivity index is 3.53. The predicted octanol–water partition coefficient (Wildman–Crippen LogP) is 1.11. The summed E-state index contributed by atoms with van der Waals surface area (Å²) in [7, 11) is 4.00. The lowest BCUT2D eigenvalue weighted by Crippen LogP contribution is -2.29. The van der Waals surface area contributed by atoms with E-state index in [9.17, 15) is 14.4 Å². The second kappa shape index (κ2) is 7.35. The fourth-order valence-electron chi connectivity index (χ4n) is 1.74. The van der Waals surface area contributed by atoms with E-state index in [-0.39, 0.29) is 22.8 Å². The van der Waals surface area contributed by atoms with E-state index in [2.05, 4.69) is 4.74 Å². The smallest absolute Gasteiger partial charge is 0.356 e. The summed E-state index contributed by atoms with van der Waals surface area (Å²) in [6, 6.07) is 0. The average molecular weight is 318 g/mol. The van der Waals surface area contributed by atoms with Gasteiger partial charge in [-0.3, -0.25) is 9.59 Å². The average Bonchev–Trinajstić information content (AvgIpc) is 2.47. The SMILES string of the molecule is COC(=O)c1c(Cl)c(=O)c(C(C)=O)cn1CC(OC)OC. The molecule has 0 aliphatic rings. The van der Waals surface area contributed by atoms with Gasteiger partial charge in [-0.05, 0) is 6.92 Å². The van der Waals surface area contributed by atoms with Crippen molar-refractivity contribution in [2.24, 2.45) is 0 Å². The first-order chi connectivity index (χ1) is 9.87. The molecule has 0 atom stereocenters. The Morgan fingerprint density at radius 3 is 2.29 bits per heavy atom.